The van der Waals surface area contributed by atoms with Crippen molar-refractivity contribution in [2.45, 2.75) is 39.2 Å². The van der Waals surface area contributed by atoms with E-state index >= 15 is 0 Å². The van der Waals surface area contributed by atoms with Crippen molar-refractivity contribution in [1.82, 2.24) is 4.90 Å². The number of carbonyl (C=O) groups is 2. The molecule has 1 heterocycles. The summed E-state index contributed by atoms with van der Waals surface area (Å²) in [5, 5.41) is 3.64. The highest BCUT2D eigenvalue weighted by Crippen LogP contribution is 2.29. The minimum atomic E-state index is -0.544. The van der Waals surface area contributed by atoms with E-state index < -0.39 is 6.04 Å². The maximum absolute atomic E-state index is 13.0. The average Bonchev–Trinajstić information content (AvgIpc) is 3.19. The number of aryl methyl sites for hydroxylation is 1. The van der Waals surface area contributed by atoms with Gasteiger partial charge in [-0.05, 0) is 62.1 Å². The quantitative estimate of drug-likeness (QED) is 0.667. The second-order valence-corrected chi connectivity index (χ2v) is 7.94. The van der Waals surface area contributed by atoms with E-state index in [0.29, 0.717) is 46.6 Å². The van der Waals surface area contributed by atoms with Gasteiger partial charge in [-0.25, -0.2) is 0 Å². The molecule has 0 bridgehead atoms. The van der Waals surface area contributed by atoms with E-state index in [1.807, 2.05) is 32.0 Å². The fourth-order valence-electron chi connectivity index (χ4n) is 3.36. The van der Waals surface area contributed by atoms with Gasteiger partial charge in [-0.15, -0.1) is 0 Å². The second kappa shape index (κ2) is 9.51. The zero-order valence-corrected chi connectivity index (χ0v) is 18.0. The third-order valence-corrected chi connectivity index (χ3v) is 5.58. The molecular formula is C22H24Cl2N2O3. The number of hydrogen-bond acceptors (Lipinski definition) is 3. The van der Waals surface area contributed by atoms with Gasteiger partial charge in [-0.1, -0.05) is 36.2 Å². The van der Waals surface area contributed by atoms with Crippen LogP contribution < -0.4 is 10.1 Å². The maximum atomic E-state index is 13.0. The summed E-state index contributed by atoms with van der Waals surface area (Å²) in [6, 6.07) is 9.86. The van der Waals surface area contributed by atoms with Gasteiger partial charge in [0, 0.05) is 12.1 Å². The highest BCUT2D eigenvalue weighted by molar-refractivity contribution is 6.42. The van der Waals surface area contributed by atoms with Crippen molar-refractivity contribution in [1.29, 1.82) is 0 Å². The van der Waals surface area contributed by atoms with Crippen molar-refractivity contribution in [3.05, 3.63) is 57.6 Å². The van der Waals surface area contributed by atoms with Crippen LogP contribution in [0.25, 0.3) is 0 Å². The molecule has 0 saturated carbocycles. The number of hydrogen-bond donors (Lipinski definition) is 1. The van der Waals surface area contributed by atoms with Gasteiger partial charge in [0.05, 0.1) is 22.3 Å². The standard InChI is InChI=1S/C22H24Cl2N2O3/c1-3-11-29-20-12-14(2)6-9-18(20)25-21(27)19-5-4-10-26(19)22(28)15-7-8-16(23)17(24)13-15/h6-9,12-13,19H,3-5,10-11H2,1-2H3,(H,25,27). The summed E-state index contributed by atoms with van der Waals surface area (Å²) in [6.45, 7) is 5.08. The van der Waals surface area contributed by atoms with Gasteiger partial charge >= 0.3 is 0 Å². The molecule has 1 aliphatic rings. The van der Waals surface area contributed by atoms with Crippen LogP contribution in [0, 0.1) is 6.92 Å². The summed E-state index contributed by atoms with van der Waals surface area (Å²) >= 11 is 12.0. The first-order valence-electron chi connectivity index (χ1n) is 9.71. The Labute approximate surface area is 180 Å². The predicted molar refractivity (Wildman–Crippen MR) is 116 cm³/mol. The maximum Gasteiger partial charge on any atom is 0.254 e. The molecule has 1 aliphatic heterocycles. The summed E-state index contributed by atoms with van der Waals surface area (Å²) in [5.41, 5.74) is 2.08. The fourth-order valence-corrected chi connectivity index (χ4v) is 3.66. The van der Waals surface area contributed by atoms with E-state index in [1.54, 1.807) is 17.0 Å². The fraction of sp³-hybridized carbons (Fsp3) is 0.364. The molecule has 2 aromatic carbocycles. The Morgan fingerprint density at radius 3 is 2.69 bits per heavy atom. The number of rotatable bonds is 6. The van der Waals surface area contributed by atoms with Crippen molar-refractivity contribution in [3.8, 4) is 5.75 Å². The second-order valence-electron chi connectivity index (χ2n) is 7.12. The highest BCUT2D eigenvalue weighted by Gasteiger charge is 2.35. The molecule has 2 amide bonds. The first-order chi connectivity index (χ1) is 13.9. The van der Waals surface area contributed by atoms with Crippen molar-refractivity contribution < 1.29 is 14.3 Å². The van der Waals surface area contributed by atoms with E-state index in [-0.39, 0.29) is 11.8 Å². The number of halogens is 2. The Bertz CT molecular complexity index is 917. The van der Waals surface area contributed by atoms with Gasteiger partial charge in [-0.3, -0.25) is 9.59 Å². The minimum Gasteiger partial charge on any atom is -0.491 e. The molecule has 0 radical (unpaired) electrons. The van der Waals surface area contributed by atoms with Gasteiger partial charge in [0.2, 0.25) is 5.91 Å². The average molecular weight is 435 g/mol. The zero-order chi connectivity index (χ0) is 21.0. The molecule has 1 N–H and O–H groups in total. The molecule has 1 unspecified atom stereocenters. The van der Waals surface area contributed by atoms with Crippen molar-refractivity contribution >= 4 is 40.7 Å². The van der Waals surface area contributed by atoms with Crippen LogP contribution in [0.15, 0.2) is 36.4 Å². The summed E-state index contributed by atoms with van der Waals surface area (Å²) in [6.07, 6.45) is 2.24. The number of carbonyl (C=O) groups excluding carboxylic acids is 2. The molecular weight excluding hydrogens is 411 g/mol. The molecule has 3 rings (SSSR count). The lowest BCUT2D eigenvalue weighted by Crippen LogP contribution is -2.43. The molecule has 1 atom stereocenters. The third kappa shape index (κ3) is 5.03. The number of nitrogens with zero attached hydrogens (tertiary/aromatic N) is 1. The van der Waals surface area contributed by atoms with Gasteiger partial charge in [0.15, 0.2) is 0 Å². The smallest absolute Gasteiger partial charge is 0.254 e. The summed E-state index contributed by atoms with van der Waals surface area (Å²) in [4.78, 5) is 27.5. The SMILES string of the molecule is CCCOc1cc(C)ccc1NC(=O)C1CCCN1C(=O)c1ccc(Cl)c(Cl)c1. The van der Waals surface area contributed by atoms with Crippen LogP contribution in [0.2, 0.25) is 10.0 Å². The lowest BCUT2D eigenvalue weighted by molar-refractivity contribution is -0.119. The number of anilines is 1. The van der Waals surface area contributed by atoms with Crippen LogP contribution in [0.4, 0.5) is 5.69 Å². The Hall–Kier alpha value is -2.24. The van der Waals surface area contributed by atoms with E-state index in [9.17, 15) is 9.59 Å². The van der Waals surface area contributed by atoms with Crippen LogP contribution in [-0.4, -0.2) is 35.9 Å². The van der Waals surface area contributed by atoms with Crippen molar-refractivity contribution in [2.75, 3.05) is 18.5 Å². The monoisotopic (exact) mass is 434 g/mol. The Morgan fingerprint density at radius 1 is 1.17 bits per heavy atom. The lowest BCUT2D eigenvalue weighted by Gasteiger charge is -2.24. The summed E-state index contributed by atoms with van der Waals surface area (Å²) in [7, 11) is 0. The molecule has 0 spiro atoms. The van der Waals surface area contributed by atoms with Crippen molar-refractivity contribution in [2.24, 2.45) is 0 Å². The van der Waals surface area contributed by atoms with E-state index in [4.69, 9.17) is 27.9 Å². The number of nitrogens with one attached hydrogen (secondary N) is 1. The Morgan fingerprint density at radius 2 is 1.97 bits per heavy atom. The van der Waals surface area contributed by atoms with Gasteiger partial charge in [-0.2, -0.15) is 0 Å². The zero-order valence-electron chi connectivity index (χ0n) is 16.5. The molecule has 0 aliphatic carbocycles. The van der Waals surface area contributed by atoms with Crippen LogP contribution in [0.3, 0.4) is 0 Å². The Kier molecular flexibility index (Phi) is 7.04. The van der Waals surface area contributed by atoms with Gasteiger partial charge in [0.25, 0.3) is 5.91 Å². The van der Waals surface area contributed by atoms with Gasteiger partial charge < -0.3 is 15.0 Å². The van der Waals surface area contributed by atoms with E-state index in [0.717, 1.165) is 18.4 Å². The molecule has 29 heavy (non-hydrogen) atoms. The number of benzene rings is 2. The first kappa shape index (κ1) is 21.5. The molecule has 1 saturated heterocycles. The largest absolute Gasteiger partial charge is 0.491 e. The molecule has 0 aromatic heterocycles. The van der Waals surface area contributed by atoms with Crippen LogP contribution in [0.1, 0.15) is 42.1 Å². The Balaban J connectivity index is 1.76. The van der Waals surface area contributed by atoms with Crippen molar-refractivity contribution in [3.63, 3.8) is 0 Å². The van der Waals surface area contributed by atoms with E-state index in [1.165, 1.54) is 6.07 Å². The third-order valence-electron chi connectivity index (χ3n) is 4.84. The predicted octanol–water partition coefficient (Wildman–Crippen LogP) is 5.33. The van der Waals surface area contributed by atoms with Gasteiger partial charge in [0.1, 0.15) is 11.8 Å². The number of ether oxygens (including phenoxy) is 1. The van der Waals surface area contributed by atoms with E-state index in [2.05, 4.69) is 5.32 Å². The van der Waals surface area contributed by atoms with Crippen LogP contribution in [-0.2, 0) is 4.79 Å². The molecule has 2 aromatic rings. The number of likely N-dealkylation sites (tertiary alicyclic amines) is 1. The van der Waals surface area contributed by atoms with Crippen LogP contribution in [0.5, 0.6) is 5.75 Å². The first-order valence-corrected chi connectivity index (χ1v) is 10.5. The molecule has 154 valence electrons. The molecule has 5 nitrogen and oxygen atoms in total. The topological polar surface area (TPSA) is 58.6 Å². The molecule has 1 fully saturated rings. The van der Waals surface area contributed by atoms with Crippen LogP contribution >= 0.6 is 23.2 Å². The summed E-state index contributed by atoms with van der Waals surface area (Å²) < 4.78 is 5.78. The lowest BCUT2D eigenvalue weighted by atomic mass is 10.1. The number of amides is 2. The summed E-state index contributed by atoms with van der Waals surface area (Å²) in [5.74, 6) is 0.189. The molecule has 7 heteroatoms. The normalized spacial score (nSPS) is 16.0. The highest BCUT2D eigenvalue weighted by atomic mass is 35.5. The minimum absolute atomic E-state index is 0.221.